The van der Waals surface area contributed by atoms with Gasteiger partial charge in [0.1, 0.15) is 0 Å². The fourth-order valence-corrected chi connectivity index (χ4v) is 1.95. The van der Waals surface area contributed by atoms with Gasteiger partial charge in [0.05, 0.1) is 15.7 Å². The lowest BCUT2D eigenvalue weighted by atomic mass is 10.1. The van der Waals surface area contributed by atoms with E-state index in [0.717, 1.165) is 11.3 Å². The van der Waals surface area contributed by atoms with Crippen LogP contribution in [0, 0.1) is 6.92 Å². The average Bonchev–Trinajstić information content (AvgIpc) is 2.17. The Kier molecular flexibility index (Phi) is 4.21. The Labute approximate surface area is 100 Å². The minimum absolute atomic E-state index is 0.0492. The van der Waals surface area contributed by atoms with Gasteiger partial charge in [-0.1, -0.05) is 6.07 Å². The second-order valence-electron chi connectivity index (χ2n) is 4.95. The van der Waals surface area contributed by atoms with Gasteiger partial charge in [0.15, 0.2) is 0 Å². The highest BCUT2D eigenvalue weighted by molar-refractivity contribution is 7.84. The van der Waals surface area contributed by atoms with Crippen molar-refractivity contribution >= 4 is 11.0 Å². The minimum Gasteiger partial charge on any atom is -0.261 e. The minimum atomic E-state index is -1.05. The van der Waals surface area contributed by atoms with Crippen LogP contribution in [-0.2, 0) is 11.0 Å². The Morgan fingerprint density at radius 2 is 2.00 bits per heavy atom. The molecule has 1 aromatic heterocycles. The molecule has 0 unspecified atom stereocenters. The van der Waals surface area contributed by atoms with Gasteiger partial charge in [0, 0.05) is 17.9 Å². The Hall–Kier alpha value is -0.740. The highest BCUT2D eigenvalue weighted by Gasteiger charge is 2.21. The third-order valence-electron chi connectivity index (χ3n) is 2.27. The molecule has 0 aliphatic carbocycles. The van der Waals surface area contributed by atoms with Crippen molar-refractivity contribution in [3.8, 4) is 0 Å². The van der Waals surface area contributed by atoms with Crippen LogP contribution in [0.25, 0.3) is 0 Å². The summed E-state index contributed by atoms with van der Waals surface area (Å²) in [6, 6.07) is 4.03. The van der Waals surface area contributed by atoms with Crippen LogP contribution in [0.3, 0.4) is 0 Å². The van der Waals surface area contributed by atoms with Crippen LogP contribution in [-0.4, -0.2) is 13.9 Å². The molecule has 4 heteroatoms. The number of aryl methyl sites for hydroxylation is 1. The third-order valence-corrected chi connectivity index (χ3v) is 3.95. The predicted molar refractivity (Wildman–Crippen MR) is 68.4 cm³/mol. The molecule has 0 radical (unpaired) electrons. The maximum atomic E-state index is 11.9. The molecule has 90 valence electrons. The van der Waals surface area contributed by atoms with Crippen molar-refractivity contribution in [2.45, 2.75) is 45.4 Å². The number of hydrogen-bond acceptors (Lipinski definition) is 2. The number of nitrogens with one attached hydrogen (secondary N) is 1. The van der Waals surface area contributed by atoms with Crippen LogP contribution in [0.5, 0.6) is 0 Å². The van der Waals surface area contributed by atoms with E-state index in [9.17, 15) is 4.21 Å². The van der Waals surface area contributed by atoms with Crippen LogP contribution in [0.2, 0.25) is 0 Å². The Balaban J connectivity index is 2.69. The summed E-state index contributed by atoms with van der Waals surface area (Å²) in [6.07, 6.45) is 1.83. The third kappa shape index (κ3) is 3.68. The van der Waals surface area contributed by atoms with E-state index in [1.165, 1.54) is 0 Å². The molecule has 0 aliphatic heterocycles. The SMILES string of the molecule is Cc1ccc([C@@H](C)N[S@](=O)C(C)(C)C)cn1. The van der Waals surface area contributed by atoms with E-state index in [1.54, 1.807) is 0 Å². The topological polar surface area (TPSA) is 42.0 Å². The highest BCUT2D eigenvalue weighted by Crippen LogP contribution is 2.16. The molecule has 0 bridgehead atoms. The first-order valence-electron chi connectivity index (χ1n) is 5.41. The first-order chi connectivity index (χ1) is 7.30. The molecular formula is C12H20N2OS. The number of aromatic nitrogens is 1. The second-order valence-corrected chi connectivity index (χ2v) is 6.95. The van der Waals surface area contributed by atoms with Crippen LogP contribution in [0.4, 0.5) is 0 Å². The van der Waals surface area contributed by atoms with Gasteiger partial charge in [-0.05, 0) is 46.2 Å². The lowest BCUT2D eigenvalue weighted by Gasteiger charge is -2.22. The summed E-state index contributed by atoms with van der Waals surface area (Å²) in [6.45, 7) is 9.81. The van der Waals surface area contributed by atoms with E-state index in [1.807, 2.05) is 52.9 Å². The van der Waals surface area contributed by atoms with E-state index in [2.05, 4.69) is 9.71 Å². The van der Waals surface area contributed by atoms with Gasteiger partial charge in [-0.2, -0.15) is 0 Å². The van der Waals surface area contributed by atoms with Crippen molar-refractivity contribution in [2.24, 2.45) is 0 Å². The number of pyridine rings is 1. The Morgan fingerprint density at radius 1 is 1.38 bits per heavy atom. The molecule has 0 saturated heterocycles. The van der Waals surface area contributed by atoms with Crippen LogP contribution in [0.1, 0.15) is 45.0 Å². The van der Waals surface area contributed by atoms with Gasteiger partial charge in [-0.15, -0.1) is 0 Å². The zero-order chi connectivity index (χ0) is 12.3. The van der Waals surface area contributed by atoms with E-state index in [0.29, 0.717) is 0 Å². The smallest absolute Gasteiger partial charge is 0.0975 e. The molecule has 0 fully saturated rings. The van der Waals surface area contributed by atoms with Gasteiger partial charge in [0.25, 0.3) is 0 Å². The van der Waals surface area contributed by atoms with Gasteiger partial charge >= 0.3 is 0 Å². The standard InChI is InChI=1S/C12H20N2OS/c1-9-6-7-11(8-13-9)10(2)14-16(15)12(3,4)5/h6-8,10,14H,1-5H3/t10-,16-/m1/s1. The van der Waals surface area contributed by atoms with Crippen molar-refractivity contribution in [1.82, 2.24) is 9.71 Å². The van der Waals surface area contributed by atoms with Crippen molar-refractivity contribution in [3.63, 3.8) is 0 Å². The van der Waals surface area contributed by atoms with Crippen molar-refractivity contribution in [3.05, 3.63) is 29.6 Å². The summed E-state index contributed by atoms with van der Waals surface area (Å²) in [5.41, 5.74) is 2.05. The van der Waals surface area contributed by atoms with Gasteiger partial charge in [0.2, 0.25) is 0 Å². The van der Waals surface area contributed by atoms with Crippen molar-refractivity contribution < 1.29 is 4.21 Å². The van der Waals surface area contributed by atoms with Crippen molar-refractivity contribution in [2.75, 3.05) is 0 Å². The molecular weight excluding hydrogens is 220 g/mol. The van der Waals surface area contributed by atoms with Gasteiger partial charge in [-0.25, -0.2) is 8.93 Å². The molecule has 1 rings (SSSR count). The molecule has 0 spiro atoms. The van der Waals surface area contributed by atoms with E-state index >= 15 is 0 Å². The number of hydrogen-bond donors (Lipinski definition) is 1. The lowest BCUT2D eigenvalue weighted by Crippen LogP contribution is -2.34. The fourth-order valence-electron chi connectivity index (χ4n) is 1.14. The largest absolute Gasteiger partial charge is 0.261 e. The van der Waals surface area contributed by atoms with E-state index in [4.69, 9.17) is 0 Å². The Morgan fingerprint density at radius 3 is 2.44 bits per heavy atom. The first kappa shape index (κ1) is 13.3. The monoisotopic (exact) mass is 240 g/mol. The molecule has 16 heavy (non-hydrogen) atoms. The normalized spacial score (nSPS) is 15.8. The van der Waals surface area contributed by atoms with E-state index in [-0.39, 0.29) is 10.8 Å². The average molecular weight is 240 g/mol. The fraction of sp³-hybridized carbons (Fsp3) is 0.583. The molecule has 2 atom stereocenters. The number of rotatable bonds is 3. The van der Waals surface area contributed by atoms with Crippen LogP contribution < -0.4 is 4.72 Å². The van der Waals surface area contributed by atoms with Gasteiger partial charge in [-0.3, -0.25) is 4.98 Å². The predicted octanol–water partition coefficient (Wildman–Crippen LogP) is 2.50. The molecule has 0 saturated carbocycles. The number of nitrogens with zero attached hydrogens (tertiary/aromatic N) is 1. The molecule has 1 heterocycles. The van der Waals surface area contributed by atoms with Crippen LogP contribution in [0.15, 0.2) is 18.3 Å². The first-order valence-corrected chi connectivity index (χ1v) is 6.56. The Bertz CT molecular complexity index is 368. The summed E-state index contributed by atoms with van der Waals surface area (Å²) >= 11 is 0. The maximum absolute atomic E-state index is 11.9. The summed E-state index contributed by atoms with van der Waals surface area (Å²) in [5, 5.41) is 0. The summed E-state index contributed by atoms with van der Waals surface area (Å²) < 4.78 is 14.7. The van der Waals surface area contributed by atoms with E-state index < -0.39 is 11.0 Å². The van der Waals surface area contributed by atoms with Gasteiger partial charge < -0.3 is 0 Å². The zero-order valence-electron chi connectivity index (χ0n) is 10.6. The van der Waals surface area contributed by atoms with Crippen molar-refractivity contribution in [1.29, 1.82) is 0 Å². The molecule has 1 aromatic rings. The molecule has 3 nitrogen and oxygen atoms in total. The quantitative estimate of drug-likeness (QED) is 0.882. The molecule has 1 N–H and O–H groups in total. The zero-order valence-corrected chi connectivity index (χ0v) is 11.4. The molecule has 0 amide bonds. The lowest BCUT2D eigenvalue weighted by molar-refractivity contribution is 0.615. The molecule has 0 aromatic carbocycles. The highest BCUT2D eigenvalue weighted by atomic mass is 32.2. The molecule has 0 aliphatic rings. The summed E-state index contributed by atoms with van der Waals surface area (Å²) in [7, 11) is -1.05. The maximum Gasteiger partial charge on any atom is 0.0975 e. The van der Waals surface area contributed by atoms with Crippen LogP contribution >= 0.6 is 0 Å². The summed E-state index contributed by atoms with van der Waals surface area (Å²) in [5.74, 6) is 0. The summed E-state index contributed by atoms with van der Waals surface area (Å²) in [4.78, 5) is 4.23. The second kappa shape index (κ2) is 5.06.